The number of hydrogen-bond acceptors (Lipinski definition) is 4. The molecule has 6 nitrogen and oxygen atoms in total. The van der Waals surface area contributed by atoms with E-state index in [9.17, 15) is 17.6 Å². The van der Waals surface area contributed by atoms with Crippen molar-refractivity contribution < 1.29 is 26.7 Å². The molecule has 2 aromatic carbocycles. The van der Waals surface area contributed by atoms with Crippen molar-refractivity contribution >= 4 is 16.6 Å². The number of ether oxygens (including phenoxy) is 1. The van der Waals surface area contributed by atoms with Gasteiger partial charge in [-0.2, -0.15) is 18.3 Å². The molecule has 5 rings (SSSR count). The Balaban J connectivity index is 1.75. The van der Waals surface area contributed by atoms with E-state index in [1.165, 1.54) is 42.7 Å². The summed E-state index contributed by atoms with van der Waals surface area (Å²) in [7, 11) is 0. The van der Waals surface area contributed by atoms with Gasteiger partial charge in [0.2, 0.25) is 0 Å². The molecular formula is C23H16F5N5O. The lowest BCUT2D eigenvalue weighted by atomic mass is 10.1. The second-order valence-corrected chi connectivity index (χ2v) is 7.88. The van der Waals surface area contributed by atoms with Crippen molar-refractivity contribution in [3.63, 3.8) is 0 Å². The average molecular weight is 473 g/mol. The Kier molecular flexibility index (Phi) is 4.99. The molecule has 1 N–H and O–H groups in total. The van der Waals surface area contributed by atoms with E-state index in [1.54, 1.807) is 13.8 Å². The lowest BCUT2D eigenvalue weighted by molar-refractivity contribution is -0.140. The van der Waals surface area contributed by atoms with E-state index in [2.05, 4.69) is 20.2 Å². The molecule has 0 aliphatic heterocycles. The summed E-state index contributed by atoms with van der Waals surface area (Å²) in [6.07, 6.45) is -1.50. The number of benzene rings is 2. The molecule has 3 aromatic heterocycles. The monoisotopic (exact) mass is 473 g/mol. The van der Waals surface area contributed by atoms with Gasteiger partial charge < -0.3 is 4.74 Å². The molecule has 0 saturated carbocycles. The first-order chi connectivity index (χ1) is 16.1. The lowest BCUT2D eigenvalue weighted by Crippen LogP contribution is -2.08. The maximum absolute atomic E-state index is 15.3. The highest BCUT2D eigenvalue weighted by Crippen LogP contribution is 2.40. The number of alkyl halides is 3. The van der Waals surface area contributed by atoms with Crippen LogP contribution in [-0.2, 0) is 6.18 Å². The molecule has 0 spiro atoms. The highest BCUT2D eigenvalue weighted by molar-refractivity contribution is 5.85. The quantitative estimate of drug-likeness (QED) is 0.324. The van der Waals surface area contributed by atoms with E-state index in [0.29, 0.717) is 11.1 Å². The average Bonchev–Trinajstić information content (AvgIpc) is 3.40. The number of nitrogens with one attached hydrogen (secondary N) is 1. The van der Waals surface area contributed by atoms with Crippen molar-refractivity contribution in [2.24, 2.45) is 0 Å². The van der Waals surface area contributed by atoms with Crippen molar-refractivity contribution in [1.82, 2.24) is 24.6 Å². The molecule has 0 saturated heterocycles. The zero-order valence-electron chi connectivity index (χ0n) is 17.8. The Hall–Kier alpha value is -4.02. The third kappa shape index (κ3) is 3.62. The van der Waals surface area contributed by atoms with E-state index in [1.807, 2.05) is 0 Å². The molecule has 0 fully saturated rings. The molecule has 0 bridgehead atoms. The van der Waals surface area contributed by atoms with Crippen molar-refractivity contribution in [3.8, 4) is 28.3 Å². The molecule has 34 heavy (non-hydrogen) atoms. The number of aromatic nitrogens is 5. The number of hydrogen-bond donors (Lipinski definition) is 1. The Morgan fingerprint density at radius 2 is 1.85 bits per heavy atom. The number of rotatable bonds is 4. The summed E-state index contributed by atoms with van der Waals surface area (Å²) >= 11 is 0. The Labute approximate surface area is 189 Å². The lowest BCUT2D eigenvalue weighted by Gasteiger charge is -2.12. The fraction of sp³-hybridized carbons (Fsp3) is 0.174. The second-order valence-electron chi connectivity index (χ2n) is 7.88. The molecule has 0 amide bonds. The fourth-order valence-electron chi connectivity index (χ4n) is 3.73. The van der Waals surface area contributed by atoms with Gasteiger partial charge in [0.1, 0.15) is 5.82 Å². The van der Waals surface area contributed by atoms with Crippen LogP contribution in [0.5, 0.6) is 5.75 Å². The largest absolute Gasteiger partial charge is 0.488 e. The van der Waals surface area contributed by atoms with Gasteiger partial charge in [-0.3, -0.25) is 14.5 Å². The number of nitrogens with zero attached hydrogens (tertiary/aromatic N) is 4. The van der Waals surface area contributed by atoms with Gasteiger partial charge in [0.25, 0.3) is 0 Å². The third-order valence-electron chi connectivity index (χ3n) is 5.18. The van der Waals surface area contributed by atoms with Crippen LogP contribution in [0.2, 0.25) is 0 Å². The zero-order valence-corrected chi connectivity index (χ0v) is 17.8. The number of fused-ring (bicyclic) bond motifs is 2. The summed E-state index contributed by atoms with van der Waals surface area (Å²) in [5, 5.41) is 6.37. The third-order valence-corrected chi connectivity index (χ3v) is 5.18. The van der Waals surface area contributed by atoms with Gasteiger partial charge in [0, 0.05) is 17.3 Å². The normalized spacial score (nSPS) is 12.2. The van der Waals surface area contributed by atoms with E-state index >= 15 is 4.39 Å². The van der Waals surface area contributed by atoms with Crippen molar-refractivity contribution in [1.29, 1.82) is 0 Å². The van der Waals surface area contributed by atoms with Crippen LogP contribution in [0, 0.1) is 11.6 Å². The first-order valence-electron chi connectivity index (χ1n) is 10.2. The molecule has 0 aliphatic carbocycles. The molecule has 0 atom stereocenters. The van der Waals surface area contributed by atoms with Gasteiger partial charge in [-0.05, 0) is 44.2 Å². The molecule has 0 aliphatic rings. The minimum Gasteiger partial charge on any atom is -0.488 e. The highest BCUT2D eigenvalue weighted by atomic mass is 19.4. The fourth-order valence-corrected chi connectivity index (χ4v) is 3.73. The van der Waals surface area contributed by atoms with Crippen LogP contribution < -0.4 is 4.74 Å². The Morgan fingerprint density at radius 1 is 1.06 bits per heavy atom. The second kappa shape index (κ2) is 7.79. The standard InChI is InChI=1S/C23H16F5N5O/c1-11(2)34-18-7-12(3-5-15(18)24)17-10-33-19(9-29-17)31-22(23(26,27)28)21(33)13-4-6-16-14(20(13)25)8-30-32-16/h3-11H,1-2H3,(H,30,32). The summed E-state index contributed by atoms with van der Waals surface area (Å²) in [4.78, 5) is 7.86. The van der Waals surface area contributed by atoms with Gasteiger partial charge in [-0.25, -0.2) is 13.8 Å². The van der Waals surface area contributed by atoms with Gasteiger partial charge in [-0.1, -0.05) is 0 Å². The first kappa shape index (κ1) is 21.8. The summed E-state index contributed by atoms with van der Waals surface area (Å²) in [5.74, 6) is -1.48. The zero-order chi connectivity index (χ0) is 24.2. The summed E-state index contributed by atoms with van der Waals surface area (Å²) in [6.45, 7) is 3.47. The maximum atomic E-state index is 15.3. The summed E-state index contributed by atoms with van der Waals surface area (Å²) < 4.78 is 77.7. The minimum atomic E-state index is -4.85. The maximum Gasteiger partial charge on any atom is 0.435 e. The Bertz CT molecular complexity index is 1540. The number of aromatic amines is 1. The van der Waals surface area contributed by atoms with Crippen molar-refractivity contribution in [2.45, 2.75) is 26.1 Å². The molecule has 3 heterocycles. The molecule has 174 valence electrons. The Morgan fingerprint density at radius 3 is 2.59 bits per heavy atom. The van der Waals surface area contributed by atoms with Crippen LogP contribution in [0.25, 0.3) is 39.1 Å². The van der Waals surface area contributed by atoms with Crippen LogP contribution in [0.15, 0.2) is 48.9 Å². The van der Waals surface area contributed by atoms with Gasteiger partial charge in [0.05, 0.1) is 40.8 Å². The number of halogens is 5. The van der Waals surface area contributed by atoms with Crippen LogP contribution in [-0.4, -0.2) is 30.7 Å². The van der Waals surface area contributed by atoms with Gasteiger partial charge >= 0.3 is 6.18 Å². The minimum absolute atomic E-state index is 0.0207. The molecule has 0 unspecified atom stereocenters. The molecular weight excluding hydrogens is 457 g/mol. The van der Waals surface area contributed by atoms with Gasteiger partial charge in [0.15, 0.2) is 22.9 Å². The van der Waals surface area contributed by atoms with Crippen molar-refractivity contribution in [2.75, 3.05) is 0 Å². The smallest absolute Gasteiger partial charge is 0.435 e. The number of imidazole rings is 1. The molecule has 11 heteroatoms. The van der Waals surface area contributed by atoms with E-state index in [0.717, 1.165) is 10.6 Å². The topological polar surface area (TPSA) is 68.1 Å². The van der Waals surface area contributed by atoms with Crippen LogP contribution in [0.4, 0.5) is 22.0 Å². The predicted octanol–water partition coefficient (Wildman–Crippen LogP) is 6.02. The van der Waals surface area contributed by atoms with E-state index in [-0.39, 0.29) is 34.1 Å². The molecule has 5 aromatic rings. The highest BCUT2D eigenvalue weighted by Gasteiger charge is 2.39. The molecule has 0 radical (unpaired) electrons. The number of H-pyrrole nitrogens is 1. The summed E-state index contributed by atoms with van der Waals surface area (Å²) in [5.41, 5.74) is -1.19. The predicted molar refractivity (Wildman–Crippen MR) is 114 cm³/mol. The van der Waals surface area contributed by atoms with Crippen LogP contribution >= 0.6 is 0 Å². The van der Waals surface area contributed by atoms with Crippen LogP contribution in [0.1, 0.15) is 19.5 Å². The van der Waals surface area contributed by atoms with E-state index < -0.39 is 29.2 Å². The van der Waals surface area contributed by atoms with Crippen LogP contribution in [0.3, 0.4) is 0 Å². The van der Waals surface area contributed by atoms with Crippen molar-refractivity contribution in [3.05, 3.63) is 66.3 Å². The SMILES string of the molecule is CC(C)Oc1cc(-c2cn3c(-c4ccc5[nH]ncc5c4F)c(C(F)(F)F)nc3cn2)ccc1F. The van der Waals surface area contributed by atoms with E-state index in [4.69, 9.17) is 4.74 Å². The first-order valence-corrected chi connectivity index (χ1v) is 10.2. The van der Waals surface area contributed by atoms with Gasteiger partial charge in [-0.15, -0.1) is 0 Å². The summed E-state index contributed by atoms with van der Waals surface area (Å²) in [6, 6.07) is 6.69.